The van der Waals surface area contributed by atoms with Crippen LogP contribution in [0.15, 0.2) is 10.5 Å². The zero-order chi connectivity index (χ0) is 13.9. The van der Waals surface area contributed by atoms with E-state index in [-0.39, 0.29) is 17.7 Å². The van der Waals surface area contributed by atoms with Crippen molar-refractivity contribution in [2.45, 2.75) is 13.3 Å². The highest BCUT2D eigenvalue weighted by molar-refractivity contribution is 9.10. The Bertz CT molecular complexity index is 462. The second-order valence-electron chi connectivity index (χ2n) is 3.83. The Morgan fingerprint density at radius 2 is 2.00 bits per heavy atom. The van der Waals surface area contributed by atoms with Gasteiger partial charge in [0.1, 0.15) is 5.82 Å². The molecule has 0 aliphatic heterocycles. The van der Waals surface area contributed by atoms with Crippen molar-refractivity contribution in [3.05, 3.63) is 21.9 Å². The number of hydrogen-bond acceptors (Lipinski definition) is 3. The van der Waals surface area contributed by atoms with Crippen LogP contribution in [0.2, 0.25) is 0 Å². The lowest BCUT2D eigenvalue weighted by Crippen LogP contribution is -2.14. The summed E-state index contributed by atoms with van der Waals surface area (Å²) >= 11 is 3.17. The molecule has 0 heterocycles. The summed E-state index contributed by atoms with van der Waals surface area (Å²) in [7, 11) is 2.82. The van der Waals surface area contributed by atoms with Gasteiger partial charge in [-0.25, -0.2) is 4.39 Å². The number of methoxy groups -OCH3 is 2. The summed E-state index contributed by atoms with van der Waals surface area (Å²) in [5.41, 5.74) is 0.201. The highest BCUT2D eigenvalue weighted by atomic mass is 79.9. The van der Waals surface area contributed by atoms with Crippen molar-refractivity contribution in [1.29, 1.82) is 0 Å². The van der Waals surface area contributed by atoms with Crippen LogP contribution < -0.4 is 9.47 Å². The Kier molecular flexibility index (Phi) is 4.95. The number of aliphatic carboxylic acids is 1. The van der Waals surface area contributed by atoms with Crippen molar-refractivity contribution in [1.82, 2.24) is 0 Å². The van der Waals surface area contributed by atoms with Gasteiger partial charge in [0, 0.05) is 5.56 Å². The van der Waals surface area contributed by atoms with Crippen LogP contribution in [0.5, 0.6) is 11.5 Å². The molecule has 0 bridgehead atoms. The molecule has 1 rings (SSSR count). The predicted molar refractivity (Wildman–Crippen MR) is 67.7 cm³/mol. The minimum Gasteiger partial charge on any atom is -0.492 e. The first-order chi connectivity index (χ1) is 8.42. The van der Waals surface area contributed by atoms with E-state index in [2.05, 4.69) is 15.9 Å². The molecule has 0 spiro atoms. The van der Waals surface area contributed by atoms with Gasteiger partial charge < -0.3 is 14.6 Å². The lowest BCUT2D eigenvalue weighted by atomic mass is 9.99. The van der Waals surface area contributed by atoms with Crippen LogP contribution in [0.3, 0.4) is 0 Å². The van der Waals surface area contributed by atoms with Gasteiger partial charge >= 0.3 is 5.97 Å². The molecule has 6 heteroatoms. The molecule has 0 fully saturated rings. The normalized spacial score (nSPS) is 12.1. The molecular formula is C12H14BrFO4. The monoisotopic (exact) mass is 320 g/mol. The summed E-state index contributed by atoms with van der Waals surface area (Å²) in [6.45, 7) is 1.51. The maximum absolute atomic E-state index is 13.9. The van der Waals surface area contributed by atoms with Crippen LogP contribution in [-0.4, -0.2) is 25.3 Å². The number of halogens is 2. The minimum absolute atomic E-state index is 0.0357. The van der Waals surface area contributed by atoms with Gasteiger partial charge in [0.15, 0.2) is 11.5 Å². The highest BCUT2D eigenvalue weighted by Crippen LogP contribution is 2.40. The van der Waals surface area contributed by atoms with E-state index in [0.717, 1.165) is 0 Å². The number of ether oxygens (including phenoxy) is 2. The molecule has 0 aromatic heterocycles. The molecule has 100 valence electrons. The minimum atomic E-state index is -0.988. The molecule has 18 heavy (non-hydrogen) atoms. The number of benzene rings is 1. The molecule has 1 unspecified atom stereocenters. The van der Waals surface area contributed by atoms with E-state index in [4.69, 9.17) is 14.6 Å². The van der Waals surface area contributed by atoms with E-state index < -0.39 is 17.7 Å². The molecule has 0 aliphatic carbocycles. The quantitative estimate of drug-likeness (QED) is 0.906. The van der Waals surface area contributed by atoms with Gasteiger partial charge in [0.2, 0.25) is 0 Å². The van der Waals surface area contributed by atoms with E-state index in [1.165, 1.54) is 27.2 Å². The van der Waals surface area contributed by atoms with Gasteiger partial charge in [-0.1, -0.05) is 6.92 Å². The largest absolute Gasteiger partial charge is 0.492 e. The van der Waals surface area contributed by atoms with Crippen LogP contribution in [0, 0.1) is 11.7 Å². The maximum Gasteiger partial charge on any atom is 0.306 e. The van der Waals surface area contributed by atoms with Crippen LogP contribution in [-0.2, 0) is 11.2 Å². The fourth-order valence-electron chi connectivity index (χ4n) is 1.61. The Morgan fingerprint density at radius 1 is 1.44 bits per heavy atom. The third kappa shape index (κ3) is 2.93. The zero-order valence-corrected chi connectivity index (χ0v) is 11.9. The summed E-state index contributed by atoms with van der Waals surface area (Å²) in [5, 5.41) is 8.88. The van der Waals surface area contributed by atoms with Crippen molar-refractivity contribution in [2.24, 2.45) is 5.92 Å². The lowest BCUT2D eigenvalue weighted by molar-refractivity contribution is -0.141. The Morgan fingerprint density at radius 3 is 2.44 bits per heavy atom. The van der Waals surface area contributed by atoms with E-state index in [9.17, 15) is 9.18 Å². The second kappa shape index (κ2) is 6.04. The topological polar surface area (TPSA) is 55.8 Å². The molecular weight excluding hydrogens is 307 g/mol. The molecule has 0 saturated heterocycles. The predicted octanol–water partition coefficient (Wildman–Crippen LogP) is 2.87. The summed E-state index contributed by atoms with van der Waals surface area (Å²) < 4.78 is 24.5. The zero-order valence-electron chi connectivity index (χ0n) is 10.3. The Labute approximate surface area is 113 Å². The van der Waals surface area contributed by atoms with Gasteiger partial charge in [0.05, 0.1) is 24.6 Å². The maximum atomic E-state index is 13.9. The van der Waals surface area contributed by atoms with Crippen molar-refractivity contribution in [2.75, 3.05) is 14.2 Å². The van der Waals surface area contributed by atoms with Crippen LogP contribution in [0.25, 0.3) is 0 Å². The van der Waals surface area contributed by atoms with Gasteiger partial charge in [-0.3, -0.25) is 4.79 Å². The first kappa shape index (κ1) is 14.8. The first-order valence-corrected chi connectivity index (χ1v) is 6.03. The highest BCUT2D eigenvalue weighted by Gasteiger charge is 2.22. The molecule has 0 saturated carbocycles. The molecule has 1 N–H and O–H groups in total. The number of carboxylic acids is 1. The third-order valence-corrected chi connectivity index (χ3v) is 3.17. The number of carboxylic acid groups (broad SMARTS) is 1. The van der Waals surface area contributed by atoms with Crippen LogP contribution in [0.4, 0.5) is 4.39 Å². The number of carbonyl (C=O) groups is 1. The van der Waals surface area contributed by atoms with Crippen LogP contribution >= 0.6 is 15.9 Å². The van der Waals surface area contributed by atoms with Crippen molar-refractivity contribution in [3.63, 3.8) is 0 Å². The fourth-order valence-corrected chi connectivity index (χ4v) is 2.15. The summed E-state index contributed by atoms with van der Waals surface area (Å²) in [5.74, 6) is -1.64. The summed E-state index contributed by atoms with van der Waals surface area (Å²) in [6.07, 6.45) is 0.0357. The SMILES string of the molecule is COc1c(Br)cc(F)c(CC(C)C(=O)O)c1OC. The van der Waals surface area contributed by atoms with E-state index in [1.54, 1.807) is 0 Å². The number of hydrogen-bond donors (Lipinski definition) is 1. The average Bonchev–Trinajstić information content (AvgIpc) is 2.31. The Balaban J connectivity index is 3.29. The number of rotatable bonds is 5. The third-order valence-electron chi connectivity index (χ3n) is 2.58. The molecule has 1 aromatic rings. The van der Waals surface area contributed by atoms with E-state index in [1.807, 2.05) is 0 Å². The summed E-state index contributed by atoms with van der Waals surface area (Å²) in [6, 6.07) is 1.24. The van der Waals surface area contributed by atoms with Crippen LogP contribution in [0.1, 0.15) is 12.5 Å². The van der Waals surface area contributed by atoms with Gasteiger partial charge in [-0.15, -0.1) is 0 Å². The van der Waals surface area contributed by atoms with Gasteiger partial charge in [-0.05, 0) is 28.4 Å². The standard InChI is InChI=1S/C12H14BrFO4/c1-6(12(15)16)4-7-9(14)5-8(13)11(18-3)10(7)17-2/h5-6H,4H2,1-3H3,(H,15,16). The molecule has 0 aliphatic rings. The smallest absolute Gasteiger partial charge is 0.306 e. The molecule has 0 amide bonds. The van der Waals surface area contributed by atoms with Crippen molar-refractivity contribution in [3.8, 4) is 11.5 Å². The van der Waals surface area contributed by atoms with E-state index in [0.29, 0.717) is 10.2 Å². The Hall–Kier alpha value is -1.30. The molecule has 0 radical (unpaired) electrons. The molecule has 1 aromatic carbocycles. The molecule has 1 atom stereocenters. The molecule has 4 nitrogen and oxygen atoms in total. The average molecular weight is 321 g/mol. The van der Waals surface area contributed by atoms with Crippen molar-refractivity contribution < 1.29 is 23.8 Å². The van der Waals surface area contributed by atoms with Gasteiger partial charge in [0.25, 0.3) is 0 Å². The first-order valence-electron chi connectivity index (χ1n) is 5.24. The van der Waals surface area contributed by atoms with E-state index >= 15 is 0 Å². The second-order valence-corrected chi connectivity index (χ2v) is 4.68. The fraction of sp³-hybridized carbons (Fsp3) is 0.417. The lowest BCUT2D eigenvalue weighted by Gasteiger charge is -2.16. The summed E-state index contributed by atoms with van der Waals surface area (Å²) in [4.78, 5) is 10.8. The van der Waals surface area contributed by atoms with Crippen molar-refractivity contribution >= 4 is 21.9 Å². The van der Waals surface area contributed by atoms with Gasteiger partial charge in [-0.2, -0.15) is 0 Å².